The van der Waals surface area contributed by atoms with Crippen LogP contribution in [-0.2, 0) is 28.1 Å². The molecule has 4 nitrogen and oxygen atoms in total. The number of aliphatic hydroxyl groups is 1. The van der Waals surface area contributed by atoms with Crippen molar-refractivity contribution in [3.05, 3.63) is 0 Å². The summed E-state index contributed by atoms with van der Waals surface area (Å²) in [5.41, 5.74) is 0. The average Bonchev–Trinajstić information content (AvgIpc) is 2.30. The molecule has 0 aromatic rings. The van der Waals surface area contributed by atoms with Crippen LogP contribution in [-0.4, -0.2) is 36.9 Å². The first-order valence-corrected chi connectivity index (χ1v) is 6.66. The molecule has 0 aliphatic rings. The fourth-order valence-electron chi connectivity index (χ4n) is 1.54. The predicted octanol–water partition coefficient (Wildman–Crippen LogP) is 1.86. The molecule has 0 aromatic carbocycles. The monoisotopic (exact) mass is 296 g/mol. The molecular formula is C13H27NO3V. The van der Waals surface area contributed by atoms with Crippen molar-refractivity contribution in [2.45, 2.75) is 58.5 Å². The first-order chi connectivity index (χ1) is 8.16. The van der Waals surface area contributed by atoms with Gasteiger partial charge in [-0.15, -0.1) is 0 Å². The number of hydrogen-bond acceptors (Lipinski definition) is 3. The number of unbranched alkanes of at least 4 members (excludes halogenated alkanes) is 5. The SMILES string of the molecule is CC(C)OCCCCCCCCNC(=O)CO.[V]. The van der Waals surface area contributed by atoms with Crippen molar-refractivity contribution in [3.8, 4) is 0 Å². The third kappa shape index (κ3) is 16.0. The third-order valence-corrected chi connectivity index (χ3v) is 2.49. The van der Waals surface area contributed by atoms with Crippen molar-refractivity contribution in [2.75, 3.05) is 19.8 Å². The quantitative estimate of drug-likeness (QED) is 0.572. The molecule has 0 rings (SSSR count). The number of hydrogen-bond donors (Lipinski definition) is 2. The Hall–Kier alpha value is -0.0256. The van der Waals surface area contributed by atoms with E-state index < -0.39 is 6.61 Å². The van der Waals surface area contributed by atoms with Crippen molar-refractivity contribution in [1.82, 2.24) is 5.32 Å². The van der Waals surface area contributed by atoms with Crippen LogP contribution in [0, 0.1) is 0 Å². The minimum absolute atomic E-state index is 0. The van der Waals surface area contributed by atoms with Crippen LogP contribution < -0.4 is 5.32 Å². The summed E-state index contributed by atoms with van der Waals surface area (Å²) in [6.07, 6.45) is 7.26. The van der Waals surface area contributed by atoms with Crippen molar-refractivity contribution < 1.29 is 33.2 Å². The molecule has 0 aliphatic heterocycles. The smallest absolute Gasteiger partial charge is 0.245 e. The Bertz CT molecular complexity index is 189. The number of ether oxygens (including phenoxy) is 1. The molecule has 18 heavy (non-hydrogen) atoms. The van der Waals surface area contributed by atoms with Crippen LogP contribution in [0.4, 0.5) is 0 Å². The van der Waals surface area contributed by atoms with Gasteiger partial charge in [-0.2, -0.15) is 0 Å². The van der Waals surface area contributed by atoms with Gasteiger partial charge in [-0.3, -0.25) is 4.79 Å². The van der Waals surface area contributed by atoms with Gasteiger partial charge in [0.25, 0.3) is 0 Å². The van der Waals surface area contributed by atoms with Gasteiger partial charge in [0.05, 0.1) is 6.10 Å². The molecule has 0 spiro atoms. The molecule has 0 bridgehead atoms. The maximum atomic E-state index is 10.7. The number of carbonyl (C=O) groups is 1. The van der Waals surface area contributed by atoms with E-state index in [0.29, 0.717) is 12.6 Å². The van der Waals surface area contributed by atoms with Gasteiger partial charge in [0.1, 0.15) is 6.61 Å². The van der Waals surface area contributed by atoms with Gasteiger partial charge in [-0.1, -0.05) is 25.7 Å². The van der Waals surface area contributed by atoms with Crippen molar-refractivity contribution in [1.29, 1.82) is 0 Å². The van der Waals surface area contributed by atoms with Crippen LogP contribution >= 0.6 is 0 Å². The van der Waals surface area contributed by atoms with E-state index in [1.165, 1.54) is 19.3 Å². The van der Waals surface area contributed by atoms with Crippen LogP contribution in [0.1, 0.15) is 52.4 Å². The van der Waals surface area contributed by atoms with E-state index in [9.17, 15) is 4.79 Å². The van der Waals surface area contributed by atoms with E-state index in [2.05, 4.69) is 19.2 Å². The van der Waals surface area contributed by atoms with E-state index in [-0.39, 0.29) is 24.5 Å². The Morgan fingerprint density at radius 2 is 1.67 bits per heavy atom. The van der Waals surface area contributed by atoms with Gasteiger partial charge in [0, 0.05) is 31.7 Å². The number of amides is 1. The van der Waals surface area contributed by atoms with Gasteiger partial charge >= 0.3 is 0 Å². The average molecular weight is 296 g/mol. The van der Waals surface area contributed by atoms with Crippen LogP contribution in [0.2, 0.25) is 0 Å². The van der Waals surface area contributed by atoms with E-state index in [4.69, 9.17) is 9.84 Å². The van der Waals surface area contributed by atoms with Crippen LogP contribution in [0.3, 0.4) is 0 Å². The van der Waals surface area contributed by atoms with Gasteiger partial charge in [0.2, 0.25) is 5.91 Å². The summed E-state index contributed by atoms with van der Waals surface area (Å²) in [4.78, 5) is 10.7. The summed E-state index contributed by atoms with van der Waals surface area (Å²) < 4.78 is 5.45. The Morgan fingerprint density at radius 3 is 2.22 bits per heavy atom. The Kier molecular flexibility index (Phi) is 17.0. The number of carbonyl (C=O) groups excluding carboxylic acids is 1. The molecule has 0 aliphatic carbocycles. The van der Waals surface area contributed by atoms with Crippen LogP contribution in [0.15, 0.2) is 0 Å². The molecular weight excluding hydrogens is 269 g/mol. The van der Waals surface area contributed by atoms with Gasteiger partial charge in [0.15, 0.2) is 0 Å². The van der Waals surface area contributed by atoms with Crippen LogP contribution in [0.5, 0.6) is 0 Å². The second-order valence-electron chi connectivity index (χ2n) is 4.55. The van der Waals surface area contributed by atoms with Gasteiger partial charge in [-0.05, 0) is 26.7 Å². The predicted molar refractivity (Wildman–Crippen MR) is 68.9 cm³/mol. The van der Waals surface area contributed by atoms with Gasteiger partial charge in [-0.25, -0.2) is 0 Å². The van der Waals surface area contributed by atoms with Crippen molar-refractivity contribution >= 4 is 5.91 Å². The molecule has 0 saturated carbocycles. The minimum Gasteiger partial charge on any atom is -0.387 e. The molecule has 5 heteroatoms. The van der Waals surface area contributed by atoms with Crippen LogP contribution in [0.25, 0.3) is 0 Å². The molecule has 0 unspecified atom stereocenters. The maximum Gasteiger partial charge on any atom is 0.245 e. The summed E-state index contributed by atoms with van der Waals surface area (Å²) in [7, 11) is 0. The molecule has 1 amide bonds. The van der Waals surface area contributed by atoms with E-state index in [1.54, 1.807) is 0 Å². The summed E-state index contributed by atoms with van der Waals surface area (Å²) in [6, 6.07) is 0. The Balaban J connectivity index is 0. The topological polar surface area (TPSA) is 58.6 Å². The fraction of sp³-hybridized carbons (Fsp3) is 0.923. The Labute approximate surface area is 123 Å². The summed E-state index contributed by atoms with van der Waals surface area (Å²) >= 11 is 0. The molecule has 2 N–H and O–H groups in total. The standard InChI is InChI=1S/C13H27NO3.V/c1-12(2)17-10-8-6-4-3-5-7-9-14-13(16)11-15;/h12,15H,3-11H2,1-2H3,(H,14,16);. The van der Waals surface area contributed by atoms with E-state index in [0.717, 1.165) is 25.9 Å². The molecule has 0 aromatic heterocycles. The molecule has 0 atom stereocenters. The maximum absolute atomic E-state index is 10.7. The third-order valence-electron chi connectivity index (χ3n) is 2.49. The second-order valence-corrected chi connectivity index (χ2v) is 4.55. The first kappa shape index (κ1) is 20.3. The minimum atomic E-state index is -0.407. The van der Waals surface area contributed by atoms with Gasteiger partial charge < -0.3 is 15.2 Å². The van der Waals surface area contributed by atoms with E-state index in [1.807, 2.05) is 0 Å². The first-order valence-electron chi connectivity index (χ1n) is 6.66. The zero-order chi connectivity index (χ0) is 12.9. The van der Waals surface area contributed by atoms with Crippen molar-refractivity contribution in [2.24, 2.45) is 0 Å². The fourth-order valence-corrected chi connectivity index (χ4v) is 1.54. The zero-order valence-corrected chi connectivity index (χ0v) is 13.0. The van der Waals surface area contributed by atoms with E-state index >= 15 is 0 Å². The summed E-state index contributed by atoms with van der Waals surface area (Å²) in [5, 5.41) is 11.1. The Morgan fingerprint density at radius 1 is 1.11 bits per heavy atom. The molecule has 1 radical (unpaired) electrons. The number of rotatable bonds is 11. The molecule has 0 saturated heterocycles. The molecule has 107 valence electrons. The largest absolute Gasteiger partial charge is 0.387 e. The number of aliphatic hydroxyl groups excluding tert-OH is 1. The number of nitrogens with one attached hydrogen (secondary N) is 1. The zero-order valence-electron chi connectivity index (χ0n) is 11.7. The second kappa shape index (κ2) is 15.0. The molecule has 0 fully saturated rings. The summed E-state index contributed by atoms with van der Waals surface area (Å²) in [5.74, 6) is -0.282. The van der Waals surface area contributed by atoms with Crippen molar-refractivity contribution in [3.63, 3.8) is 0 Å². The molecule has 0 heterocycles. The summed E-state index contributed by atoms with van der Waals surface area (Å²) in [6.45, 7) is 5.25. The normalized spacial score (nSPS) is 10.2.